The Kier molecular flexibility index (Phi) is 23.7. The second-order valence-corrected chi connectivity index (χ2v) is 22.2. The largest absolute Gasteiger partial charge is 0.459 e. The minimum absolute atomic E-state index is 0.0230. The number of hydrogen-bond acceptors (Lipinski definition) is 17. The molecule has 0 spiro atoms. The average Bonchev–Trinajstić information content (AvgIpc) is 3.37. The van der Waals surface area contributed by atoms with Crippen molar-refractivity contribution in [1.29, 1.82) is 0 Å². The highest BCUT2D eigenvalue weighted by Crippen LogP contribution is 2.39. The van der Waals surface area contributed by atoms with E-state index in [1.165, 1.54) is 28.3 Å². The molecule has 16 unspecified atom stereocenters. The Morgan fingerprint density at radius 1 is 0.865 bits per heavy atom. The number of Topliss-reactive ketones (excluding diaryl/α,β-unsaturated/α-hetero) is 3. The standard InChI is InChI=1S/C56H88NO17/c1-33-17-13-12-14-18-34(2)45(69-9)29-41-22-20-39(7)56(67,74-41)51(63)52(64)57(68)24-16-15-19-42(57)53(65)72-46(30-43(60)35(3)26-38(6)49(62)50(71-11)48(61)37(5)25-33)36(4)27-40-21-23-44(47(28-40)70-10)73-54(66)55(8,31-58)32-59/h12-14,17-18,26,33,35-37,39-42,44-47,49-50,58-59,62,67-68H,15-16,19-25,27-32H2,1-11H3/q+1/b14-12+,17-13+,34-18+,38-26+. The summed E-state index contributed by atoms with van der Waals surface area (Å²) >= 11 is 0. The van der Waals surface area contributed by atoms with Gasteiger partial charge in [0, 0.05) is 64.8 Å². The number of fused-ring (bicyclic) bond motifs is 3. The van der Waals surface area contributed by atoms with Crippen LogP contribution in [-0.2, 0) is 57.2 Å². The molecule has 3 aliphatic heterocycles. The van der Waals surface area contributed by atoms with Crippen molar-refractivity contribution in [3.05, 3.63) is 47.6 Å². The van der Waals surface area contributed by atoms with Crippen molar-refractivity contribution >= 4 is 35.2 Å². The number of esters is 2. The third-order valence-corrected chi connectivity index (χ3v) is 16.2. The first-order valence-electron chi connectivity index (χ1n) is 26.6. The molecule has 0 aromatic heterocycles. The molecule has 1 saturated carbocycles. The SMILES string of the molecule is COC1CC2CCC(C)C(O)(O2)C(=O)C(=O)[N+]2(O)CCCCC2C(=O)OC(C(C)CC2CCC(OC(=O)C(C)(CO)CO)C(OC)C2)CC(=O)C(C)/C=C(\C)C(O)C(OC)C(=O)C(C)CC(C)/C=C/C=C/C=C/1C. The number of amides is 1. The molecule has 4 aliphatic rings. The van der Waals surface area contributed by atoms with Gasteiger partial charge in [0.15, 0.2) is 5.78 Å². The number of carbonyl (C=O) groups excluding carboxylic acids is 6. The second-order valence-electron chi connectivity index (χ2n) is 22.2. The lowest BCUT2D eigenvalue weighted by Crippen LogP contribution is -2.68. The number of quaternary nitrogens is 1. The van der Waals surface area contributed by atoms with Gasteiger partial charge in [-0.2, -0.15) is 0 Å². The Bertz CT molecular complexity index is 2060. The fourth-order valence-electron chi connectivity index (χ4n) is 10.9. The van der Waals surface area contributed by atoms with E-state index in [0.717, 1.165) is 5.57 Å². The zero-order valence-corrected chi connectivity index (χ0v) is 45.7. The third-order valence-electron chi connectivity index (χ3n) is 16.2. The van der Waals surface area contributed by atoms with E-state index in [9.17, 15) is 54.4 Å². The molecule has 4 rings (SSSR count). The molecule has 418 valence electrons. The number of hydroxylamine groups is 3. The molecule has 0 aromatic rings. The summed E-state index contributed by atoms with van der Waals surface area (Å²) < 4.78 is 33.6. The topological polar surface area (TPSA) is 259 Å². The summed E-state index contributed by atoms with van der Waals surface area (Å²) in [5, 5.41) is 55.4. The first kappa shape index (κ1) is 62.7. The van der Waals surface area contributed by atoms with Gasteiger partial charge in [-0.15, -0.1) is 4.65 Å². The van der Waals surface area contributed by atoms with Gasteiger partial charge in [0.2, 0.25) is 11.8 Å². The van der Waals surface area contributed by atoms with Gasteiger partial charge in [0.1, 0.15) is 42.2 Å². The predicted molar refractivity (Wildman–Crippen MR) is 271 cm³/mol. The summed E-state index contributed by atoms with van der Waals surface area (Å²) in [6.07, 6.45) is 8.21. The molecule has 2 saturated heterocycles. The minimum atomic E-state index is -2.63. The number of ether oxygens (including phenoxy) is 6. The van der Waals surface area contributed by atoms with Crippen LogP contribution < -0.4 is 0 Å². The van der Waals surface area contributed by atoms with Gasteiger partial charge in [-0.1, -0.05) is 71.1 Å². The van der Waals surface area contributed by atoms with Crippen LogP contribution in [-0.4, -0.2) is 161 Å². The maximum Gasteiger partial charge on any atom is 0.420 e. The Morgan fingerprint density at radius 2 is 1.55 bits per heavy atom. The normalized spacial score (nSPS) is 39.1. The van der Waals surface area contributed by atoms with E-state index in [1.54, 1.807) is 33.8 Å². The monoisotopic (exact) mass is 1050 g/mol. The quantitative estimate of drug-likeness (QED) is 0.0584. The Balaban J connectivity index is 1.72. The predicted octanol–water partition coefficient (Wildman–Crippen LogP) is 5.63. The molecule has 1 amide bonds. The van der Waals surface area contributed by atoms with Crippen LogP contribution in [0.5, 0.6) is 0 Å². The summed E-state index contributed by atoms with van der Waals surface area (Å²) in [5.74, 6) is -10.7. The number of aliphatic hydroxyl groups is 4. The molecule has 2 bridgehead atoms. The highest BCUT2D eigenvalue weighted by Gasteiger charge is 2.61. The van der Waals surface area contributed by atoms with E-state index in [2.05, 4.69) is 0 Å². The number of cyclic esters (lactones) is 1. The molecule has 0 radical (unpaired) electrons. The van der Waals surface area contributed by atoms with E-state index in [4.69, 9.17) is 28.4 Å². The van der Waals surface area contributed by atoms with Crippen molar-refractivity contribution in [2.24, 2.45) is 40.9 Å². The van der Waals surface area contributed by atoms with Crippen molar-refractivity contribution in [2.45, 2.75) is 187 Å². The van der Waals surface area contributed by atoms with Crippen molar-refractivity contribution in [1.82, 2.24) is 0 Å². The van der Waals surface area contributed by atoms with Crippen LogP contribution in [0.4, 0.5) is 0 Å². The van der Waals surface area contributed by atoms with Crippen LogP contribution in [0.25, 0.3) is 0 Å². The fraction of sp³-hybridized carbons (Fsp3) is 0.750. The van der Waals surface area contributed by atoms with Crippen LogP contribution in [0.3, 0.4) is 0 Å². The smallest absolute Gasteiger partial charge is 0.420 e. The Morgan fingerprint density at radius 3 is 2.19 bits per heavy atom. The third kappa shape index (κ3) is 15.4. The van der Waals surface area contributed by atoms with Gasteiger partial charge in [0.25, 0.3) is 0 Å². The summed E-state index contributed by atoms with van der Waals surface area (Å²) in [4.78, 5) is 84.5. The Labute approximate surface area is 438 Å². The first-order chi connectivity index (χ1) is 34.8. The maximum absolute atomic E-state index is 14.6. The fourth-order valence-corrected chi connectivity index (χ4v) is 10.9. The van der Waals surface area contributed by atoms with Crippen molar-refractivity contribution in [2.75, 3.05) is 41.1 Å². The molecule has 74 heavy (non-hydrogen) atoms. The van der Waals surface area contributed by atoms with Crippen LogP contribution in [0.15, 0.2) is 47.6 Å². The molecule has 1 aliphatic carbocycles. The molecular formula is C56H88NO17+. The molecule has 3 fully saturated rings. The molecule has 18 nitrogen and oxygen atoms in total. The lowest BCUT2D eigenvalue weighted by atomic mass is 9.78. The summed E-state index contributed by atoms with van der Waals surface area (Å²) in [7, 11) is 4.37. The van der Waals surface area contributed by atoms with Crippen molar-refractivity contribution in [3.8, 4) is 0 Å². The van der Waals surface area contributed by atoms with E-state index in [1.807, 2.05) is 51.2 Å². The summed E-state index contributed by atoms with van der Waals surface area (Å²) in [6.45, 7) is 12.1. The molecule has 16 atom stereocenters. The van der Waals surface area contributed by atoms with Gasteiger partial charge in [-0.05, 0) is 101 Å². The molecular weight excluding hydrogens is 959 g/mol. The molecule has 5 N–H and O–H groups in total. The highest BCUT2D eigenvalue weighted by molar-refractivity contribution is 6.36. The number of allylic oxidation sites excluding steroid dienone is 6. The van der Waals surface area contributed by atoms with Crippen molar-refractivity contribution < 1.29 is 87.5 Å². The van der Waals surface area contributed by atoms with Gasteiger partial charge in [-0.3, -0.25) is 19.2 Å². The number of aliphatic hydroxyl groups excluding tert-OH is 3. The number of hydrogen-bond donors (Lipinski definition) is 5. The number of piperidine rings is 1. The summed E-state index contributed by atoms with van der Waals surface area (Å²) in [5.41, 5.74) is -0.364. The second kappa shape index (κ2) is 28.0. The van der Waals surface area contributed by atoms with E-state index < -0.39 is 125 Å². The van der Waals surface area contributed by atoms with Crippen LogP contribution >= 0.6 is 0 Å². The van der Waals surface area contributed by atoms with E-state index in [-0.39, 0.29) is 55.6 Å². The van der Waals surface area contributed by atoms with E-state index >= 15 is 0 Å². The zero-order valence-electron chi connectivity index (χ0n) is 45.7. The number of ketones is 3. The Hall–Kier alpha value is -3.82. The number of methoxy groups -OCH3 is 3. The van der Waals surface area contributed by atoms with Gasteiger partial charge in [0.05, 0.1) is 31.5 Å². The minimum Gasteiger partial charge on any atom is -0.459 e. The molecule has 0 aromatic carbocycles. The lowest BCUT2D eigenvalue weighted by Gasteiger charge is -2.43. The van der Waals surface area contributed by atoms with Crippen LogP contribution in [0.2, 0.25) is 0 Å². The number of carbonyl (C=O) groups is 6. The first-order valence-corrected chi connectivity index (χ1v) is 26.6. The highest BCUT2D eigenvalue weighted by atomic mass is 16.6. The van der Waals surface area contributed by atoms with Crippen LogP contribution in [0.1, 0.15) is 132 Å². The number of nitrogens with zero attached hydrogens (tertiary/aromatic N) is 1. The van der Waals surface area contributed by atoms with Gasteiger partial charge < -0.3 is 48.8 Å². The van der Waals surface area contributed by atoms with Gasteiger partial charge in [-0.25, -0.2) is 14.8 Å². The number of rotatable bonds is 10. The maximum atomic E-state index is 14.6. The summed E-state index contributed by atoms with van der Waals surface area (Å²) in [6, 6.07) is -1.59. The zero-order chi connectivity index (χ0) is 55.3. The van der Waals surface area contributed by atoms with Crippen LogP contribution in [0, 0.1) is 40.9 Å². The average molecular weight is 1050 g/mol. The lowest BCUT2D eigenvalue weighted by molar-refractivity contribution is -1.05. The van der Waals surface area contributed by atoms with E-state index in [0.29, 0.717) is 56.9 Å². The van der Waals surface area contributed by atoms with Gasteiger partial charge >= 0.3 is 23.6 Å². The molecule has 3 heterocycles. The molecule has 18 heteroatoms. The van der Waals surface area contributed by atoms with Crippen molar-refractivity contribution in [3.63, 3.8) is 0 Å².